The summed E-state index contributed by atoms with van der Waals surface area (Å²) >= 11 is 0. The number of aromatic nitrogens is 1. The Morgan fingerprint density at radius 3 is 2.90 bits per heavy atom. The smallest absolute Gasteiger partial charge is 0.255 e. The van der Waals surface area contributed by atoms with Crippen molar-refractivity contribution in [1.29, 1.82) is 0 Å². The van der Waals surface area contributed by atoms with E-state index in [0.29, 0.717) is 18.4 Å². The van der Waals surface area contributed by atoms with Gasteiger partial charge < -0.3 is 10.6 Å². The zero-order valence-electron chi connectivity index (χ0n) is 11.6. The average Bonchev–Trinajstić information content (AvgIpc) is 2.47. The lowest BCUT2D eigenvalue weighted by molar-refractivity contribution is -0.116. The molecule has 21 heavy (non-hydrogen) atoms. The van der Waals surface area contributed by atoms with E-state index in [2.05, 4.69) is 15.6 Å². The molecule has 106 valence electrons. The fraction of sp³-hybridized carbons (Fsp3) is 0.188. The van der Waals surface area contributed by atoms with E-state index in [0.717, 1.165) is 22.6 Å². The maximum Gasteiger partial charge on any atom is 0.255 e. The highest BCUT2D eigenvalue weighted by molar-refractivity contribution is 6.04. The van der Waals surface area contributed by atoms with Crippen molar-refractivity contribution in [2.75, 3.05) is 10.6 Å². The van der Waals surface area contributed by atoms with Gasteiger partial charge in [0.2, 0.25) is 5.91 Å². The van der Waals surface area contributed by atoms with Crippen LogP contribution in [0.25, 0.3) is 0 Å². The second-order valence-corrected chi connectivity index (χ2v) is 5.06. The van der Waals surface area contributed by atoms with Crippen molar-refractivity contribution in [3.63, 3.8) is 0 Å². The molecule has 1 aliphatic rings. The van der Waals surface area contributed by atoms with E-state index in [1.165, 1.54) is 0 Å². The summed E-state index contributed by atoms with van der Waals surface area (Å²) in [5, 5.41) is 5.69. The number of hydrogen-bond donors (Lipinski definition) is 2. The average molecular weight is 281 g/mol. The fourth-order valence-corrected chi connectivity index (χ4v) is 2.35. The van der Waals surface area contributed by atoms with E-state index in [4.69, 9.17) is 0 Å². The molecular weight excluding hydrogens is 266 g/mol. The van der Waals surface area contributed by atoms with E-state index in [1.54, 1.807) is 24.4 Å². The van der Waals surface area contributed by atoms with Gasteiger partial charge in [-0.3, -0.25) is 14.6 Å². The topological polar surface area (TPSA) is 71.1 Å². The number of pyridine rings is 1. The predicted octanol–water partition coefficient (Wildman–Crippen LogP) is 2.53. The molecule has 1 aromatic heterocycles. The van der Waals surface area contributed by atoms with E-state index in [1.807, 2.05) is 19.1 Å². The van der Waals surface area contributed by atoms with Crippen LogP contribution in [0.15, 0.2) is 36.5 Å². The number of rotatable bonds is 2. The summed E-state index contributed by atoms with van der Waals surface area (Å²) in [6.45, 7) is 1.85. The Bertz CT molecular complexity index is 725. The summed E-state index contributed by atoms with van der Waals surface area (Å²) in [5.74, 6) is -0.133. The number of nitrogens with one attached hydrogen (secondary N) is 2. The van der Waals surface area contributed by atoms with Crippen LogP contribution in [-0.4, -0.2) is 16.8 Å². The minimum Gasteiger partial charge on any atom is -0.326 e. The lowest BCUT2D eigenvalue weighted by atomic mass is 10.0. The van der Waals surface area contributed by atoms with Crippen LogP contribution in [0.4, 0.5) is 11.4 Å². The maximum absolute atomic E-state index is 12.2. The molecule has 3 rings (SSSR count). The highest BCUT2D eigenvalue weighted by Gasteiger charge is 2.15. The van der Waals surface area contributed by atoms with Gasteiger partial charge in [-0.2, -0.15) is 0 Å². The van der Waals surface area contributed by atoms with Gasteiger partial charge in [-0.1, -0.05) is 0 Å². The molecule has 1 aromatic carbocycles. The Kier molecular flexibility index (Phi) is 3.39. The van der Waals surface area contributed by atoms with Crippen LogP contribution in [0.2, 0.25) is 0 Å². The first-order chi connectivity index (χ1) is 10.1. The van der Waals surface area contributed by atoms with Gasteiger partial charge in [-0.25, -0.2) is 0 Å². The Morgan fingerprint density at radius 2 is 2.10 bits per heavy atom. The fourth-order valence-electron chi connectivity index (χ4n) is 2.35. The molecule has 0 aliphatic carbocycles. The van der Waals surface area contributed by atoms with E-state index >= 15 is 0 Å². The third kappa shape index (κ3) is 2.91. The van der Waals surface area contributed by atoms with Gasteiger partial charge >= 0.3 is 0 Å². The van der Waals surface area contributed by atoms with Crippen LogP contribution in [0, 0.1) is 6.92 Å². The number of aryl methyl sites for hydroxylation is 2. The molecule has 2 aromatic rings. The number of nitrogens with zero attached hydrogens (tertiary/aromatic N) is 1. The molecule has 0 bridgehead atoms. The van der Waals surface area contributed by atoms with E-state index in [9.17, 15) is 9.59 Å². The van der Waals surface area contributed by atoms with E-state index in [-0.39, 0.29) is 11.8 Å². The molecule has 0 fully saturated rings. The molecule has 2 heterocycles. The first kappa shape index (κ1) is 13.3. The van der Waals surface area contributed by atoms with Crippen molar-refractivity contribution < 1.29 is 9.59 Å². The van der Waals surface area contributed by atoms with Crippen molar-refractivity contribution in [2.24, 2.45) is 0 Å². The lowest BCUT2D eigenvalue weighted by Gasteiger charge is -2.17. The van der Waals surface area contributed by atoms with Crippen molar-refractivity contribution in [2.45, 2.75) is 19.8 Å². The molecule has 5 nitrogen and oxygen atoms in total. The predicted molar refractivity (Wildman–Crippen MR) is 80.3 cm³/mol. The first-order valence-electron chi connectivity index (χ1n) is 6.78. The Balaban J connectivity index is 1.79. The maximum atomic E-state index is 12.2. The zero-order chi connectivity index (χ0) is 14.8. The van der Waals surface area contributed by atoms with Gasteiger partial charge in [-0.15, -0.1) is 0 Å². The number of fused-ring (bicyclic) bond motifs is 1. The van der Waals surface area contributed by atoms with Crippen LogP contribution in [0.1, 0.15) is 28.0 Å². The third-order valence-electron chi connectivity index (χ3n) is 3.42. The Morgan fingerprint density at radius 1 is 1.24 bits per heavy atom. The normalized spacial score (nSPS) is 13.3. The highest BCUT2D eigenvalue weighted by Crippen LogP contribution is 2.25. The molecule has 2 N–H and O–H groups in total. The monoisotopic (exact) mass is 281 g/mol. The van der Waals surface area contributed by atoms with Gasteiger partial charge in [0.1, 0.15) is 0 Å². The van der Waals surface area contributed by atoms with Crippen molar-refractivity contribution in [3.8, 4) is 0 Å². The zero-order valence-corrected chi connectivity index (χ0v) is 11.6. The van der Waals surface area contributed by atoms with Crippen LogP contribution in [-0.2, 0) is 11.2 Å². The largest absolute Gasteiger partial charge is 0.326 e. The number of hydrogen-bond acceptors (Lipinski definition) is 3. The van der Waals surface area contributed by atoms with Crippen molar-refractivity contribution in [3.05, 3.63) is 53.3 Å². The summed E-state index contributed by atoms with van der Waals surface area (Å²) in [5.41, 5.74) is 3.97. The van der Waals surface area contributed by atoms with Gasteiger partial charge in [0, 0.05) is 35.2 Å². The van der Waals surface area contributed by atoms with Gasteiger partial charge in [0.05, 0.1) is 0 Å². The van der Waals surface area contributed by atoms with Gasteiger partial charge in [0.25, 0.3) is 5.91 Å². The molecule has 0 saturated carbocycles. The van der Waals surface area contributed by atoms with Crippen LogP contribution < -0.4 is 10.6 Å². The molecule has 0 saturated heterocycles. The number of amides is 2. The van der Waals surface area contributed by atoms with Crippen LogP contribution >= 0.6 is 0 Å². The van der Waals surface area contributed by atoms with Crippen LogP contribution in [0.3, 0.4) is 0 Å². The second-order valence-electron chi connectivity index (χ2n) is 5.06. The second kappa shape index (κ2) is 5.36. The van der Waals surface area contributed by atoms with Crippen molar-refractivity contribution >= 4 is 23.2 Å². The summed E-state index contributed by atoms with van der Waals surface area (Å²) in [4.78, 5) is 27.6. The summed E-state index contributed by atoms with van der Waals surface area (Å²) in [6, 6.07) is 8.94. The number of carbonyl (C=O) groups is 2. The van der Waals surface area contributed by atoms with Gasteiger partial charge in [0.15, 0.2) is 0 Å². The quantitative estimate of drug-likeness (QED) is 0.888. The number of benzene rings is 1. The molecule has 0 atom stereocenters. The van der Waals surface area contributed by atoms with E-state index < -0.39 is 0 Å². The molecule has 0 unspecified atom stereocenters. The third-order valence-corrected chi connectivity index (χ3v) is 3.42. The Hall–Kier alpha value is -2.69. The summed E-state index contributed by atoms with van der Waals surface area (Å²) in [6.07, 6.45) is 2.79. The standard InChI is InChI=1S/C16H15N3O2/c1-10-8-12(6-7-17-10)16(21)18-13-3-4-14-11(9-13)2-5-15(20)19-14/h3-4,6-9H,2,5H2,1H3,(H,18,21)(H,19,20). The lowest BCUT2D eigenvalue weighted by Crippen LogP contribution is -2.19. The highest BCUT2D eigenvalue weighted by atomic mass is 16.2. The molecular formula is C16H15N3O2. The molecule has 2 amide bonds. The number of anilines is 2. The summed E-state index contributed by atoms with van der Waals surface area (Å²) in [7, 11) is 0. The molecule has 0 spiro atoms. The van der Waals surface area contributed by atoms with Gasteiger partial charge in [-0.05, 0) is 49.2 Å². The van der Waals surface area contributed by atoms with Crippen LogP contribution in [0.5, 0.6) is 0 Å². The first-order valence-corrected chi connectivity index (χ1v) is 6.78. The number of carbonyl (C=O) groups excluding carboxylic acids is 2. The SMILES string of the molecule is Cc1cc(C(=O)Nc2ccc3c(c2)CCC(=O)N3)ccn1. The Labute approximate surface area is 122 Å². The summed E-state index contributed by atoms with van der Waals surface area (Å²) < 4.78 is 0. The minimum atomic E-state index is -0.166. The molecule has 1 aliphatic heterocycles. The minimum absolute atomic E-state index is 0.0338. The molecule has 0 radical (unpaired) electrons. The van der Waals surface area contributed by atoms with Crippen molar-refractivity contribution in [1.82, 2.24) is 4.98 Å². The molecule has 5 heteroatoms.